The van der Waals surface area contributed by atoms with Crippen LogP contribution in [-0.2, 0) is 4.79 Å². The SMILES string of the molecule is CCC(C)C(=O)NC(CN)CN. The minimum atomic E-state index is -0.0773. The highest BCUT2D eigenvalue weighted by Crippen LogP contribution is 1.99. The molecule has 72 valence electrons. The molecule has 4 nitrogen and oxygen atoms in total. The topological polar surface area (TPSA) is 81.1 Å². The highest BCUT2D eigenvalue weighted by atomic mass is 16.1. The van der Waals surface area contributed by atoms with E-state index in [0.29, 0.717) is 13.1 Å². The number of hydrogen-bond donors (Lipinski definition) is 3. The molecule has 1 atom stereocenters. The molecule has 1 amide bonds. The van der Waals surface area contributed by atoms with E-state index in [1.54, 1.807) is 0 Å². The number of rotatable bonds is 5. The second-order valence-electron chi connectivity index (χ2n) is 2.99. The predicted octanol–water partition coefficient (Wildman–Crippen LogP) is -0.565. The molecule has 0 rings (SSSR count). The van der Waals surface area contributed by atoms with Crippen LogP contribution in [0.1, 0.15) is 20.3 Å². The van der Waals surface area contributed by atoms with Gasteiger partial charge in [0.15, 0.2) is 0 Å². The third-order valence-electron chi connectivity index (χ3n) is 1.98. The first kappa shape index (κ1) is 11.4. The average molecular weight is 173 g/mol. The normalized spacial score (nSPS) is 13.1. The third-order valence-corrected chi connectivity index (χ3v) is 1.98. The van der Waals surface area contributed by atoms with Crippen LogP contribution in [0.15, 0.2) is 0 Å². The number of hydrogen-bond acceptors (Lipinski definition) is 3. The zero-order chi connectivity index (χ0) is 9.56. The molecular formula is C8H19N3O. The van der Waals surface area contributed by atoms with E-state index in [1.165, 1.54) is 0 Å². The van der Waals surface area contributed by atoms with Gasteiger partial charge in [0.05, 0.1) is 6.04 Å². The summed E-state index contributed by atoms with van der Waals surface area (Å²) in [5.74, 6) is 0.0870. The van der Waals surface area contributed by atoms with Crippen LogP contribution >= 0.6 is 0 Å². The standard InChI is InChI=1S/C8H19N3O/c1-3-6(2)8(12)11-7(4-9)5-10/h6-7H,3-5,9-10H2,1-2H3,(H,11,12). The summed E-state index contributed by atoms with van der Waals surface area (Å²) < 4.78 is 0. The summed E-state index contributed by atoms with van der Waals surface area (Å²) in [6.45, 7) is 4.67. The minimum absolute atomic E-state index is 0.0402. The summed E-state index contributed by atoms with van der Waals surface area (Å²) >= 11 is 0. The van der Waals surface area contributed by atoms with Crippen LogP contribution in [0.5, 0.6) is 0 Å². The van der Waals surface area contributed by atoms with Gasteiger partial charge in [-0.05, 0) is 6.42 Å². The van der Waals surface area contributed by atoms with Crippen LogP contribution in [0.4, 0.5) is 0 Å². The van der Waals surface area contributed by atoms with Crippen LogP contribution in [0, 0.1) is 5.92 Å². The van der Waals surface area contributed by atoms with Gasteiger partial charge in [0.1, 0.15) is 0 Å². The van der Waals surface area contributed by atoms with Gasteiger partial charge in [-0.2, -0.15) is 0 Å². The summed E-state index contributed by atoms with van der Waals surface area (Å²) in [6.07, 6.45) is 0.841. The van der Waals surface area contributed by atoms with Gasteiger partial charge in [-0.3, -0.25) is 4.79 Å². The lowest BCUT2D eigenvalue weighted by Gasteiger charge is -2.16. The lowest BCUT2D eigenvalue weighted by atomic mass is 10.1. The van der Waals surface area contributed by atoms with Crippen molar-refractivity contribution in [3.05, 3.63) is 0 Å². The Kier molecular flexibility index (Phi) is 5.66. The molecule has 0 heterocycles. The Balaban J connectivity index is 3.81. The first-order valence-corrected chi connectivity index (χ1v) is 4.36. The van der Waals surface area contributed by atoms with Crippen molar-refractivity contribution in [3.63, 3.8) is 0 Å². The fourth-order valence-corrected chi connectivity index (χ4v) is 0.743. The van der Waals surface area contributed by atoms with Gasteiger partial charge >= 0.3 is 0 Å². The maximum absolute atomic E-state index is 11.3. The zero-order valence-electron chi connectivity index (χ0n) is 7.84. The Labute approximate surface area is 73.7 Å². The predicted molar refractivity (Wildman–Crippen MR) is 49.5 cm³/mol. The van der Waals surface area contributed by atoms with Gasteiger partial charge in [-0.15, -0.1) is 0 Å². The van der Waals surface area contributed by atoms with Crippen molar-refractivity contribution in [1.82, 2.24) is 5.32 Å². The van der Waals surface area contributed by atoms with E-state index < -0.39 is 0 Å². The highest BCUT2D eigenvalue weighted by Gasteiger charge is 2.13. The Hall–Kier alpha value is -0.610. The molecule has 0 saturated heterocycles. The second kappa shape index (κ2) is 5.97. The number of nitrogens with two attached hydrogens (primary N) is 2. The second-order valence-corrected chi connectivity index (χ2v) is 2.99. The molecule has 0 saturated carbocycles. The van der Waals surface area contributed by atoms with Crippen LogP contribution in [-0.4, -0.2) is 25.0 Å². The van der Waals surface area contributed by atoms with E-state index in [9.17, 15) is 4.79 Å². The van der Waals surface area contributed by atoms with Gasteiger partial charge < -0.3 is 16.8 Å². The monoisotopic (exact) mass is 173 g/mol. The van der Waals surface area contributed by atoms with Crippen LogP contribution in [0.3, 0.4) is 0 Å². The van der Waals surface area contributed by atoms with Crippen molar-refractivity contribution in [3.8, 4) is 0 Å². The lowest BCUT2D eigenvalue weighted by Crippen LogP contribution is -2.46. The van der Waals surface area contributed by atoms with Crippen LogP contribution in [0.2, 0.25) is 0 Å². The summed E-state index contributed by atoms with van der Waals surface area (Å²) in [7, 11) is 0. The van der Waals surface area contributed by atoms with Gasteiger partial charge in [0.2, 0.25) is 5.91 Å². The summed E-state index contributed by atoms with van der Waals surface area (Å²) in [5.41, 5.74) is 10.8. The number of amides is 1. The number of nitrogens with one attached hydrogen (secondary N) is 1. The Bertz CT molecular complexity index is 134. The van der Waals surface area contributed by atoms with Crippen molar-refractivity contribution >= 4 is 5.91 Å². The van der Waals surface area contributed by atoms with E-state index in [-0.39, 0.29) is 17.9 Å². The molecule has 0 spiro atoms. The summed E-state index contributed by atoms with van der Waals surface area (Å²) in [5, 5.41) is 2.78. The molecule has 0 aliphatic heterocycles. The molecule has 5 N–H and O–H groups in total. The molecule has 4 heteroatoms. The Morgan fingerprint density at radius 1 is 1.42 bits per heavy atom. The van der Waals surface area contributed by atoms with Gasteiger partial charge in [-0.25, -0.2) is 0 Å². The molecule has 12 heavy (non-hydrogen) atoms. The molecule has 0 aromatic heterocycles. The van der Waals surface area contributed by atoms with E-state index in [1.807, 2.05) is 13.8 Å². The molecule has 0 bridgehead atoms. The van der Waals surface area contributed by atoms with Crippen LogP contribution in [0.25, 0.3) is 0 Å². The van der Waals surface area contributed by atoms with E-state index in [2.05, 4.69) is 5.32 Å². The van der Waals surface area contributed by atoms with Gasteiger partial charge in [0, 0.05) is 19.0 Å². The first-order chi connectivity index (χ1) is 5.65. The average Bonchev–Trinajstić information content (AvgIpc) is 2.12. The molecule has 1 unspecified atom stereocenters. The molecule has 0 aromatic rings. The molecular weight excluding hydrogens is 154 g/mol. The summed E-state index contributed by atoms with van der Waals surface area (Å²) in [4.78, 5) is 11.3. The van der Waals surface area contributed by atoms with Crippen LogP contribution < -0.4 is 16.8 Å². The lowest BCUT2D eigenvalue weighted by molar-refractivity contribution is -0.125. The largest absolute Gasteiger partial charge is 0.351 e. The highest BCUT2D eigenvalue weighted by molar-refractivity contribution is 5.78. The van der Waals surface area contributed by atoms with Crippen molar-refractivity contribution in [2.45, 2.75) is 26.3 Å². The number of carbonyl (C=O) groups excluding carboxylic acids is 1. The fraction of sp³-hybridized carbons (Fsp3) is 0.875. The van der Waals surface area contributed by atoms with E-state index in [4.69, 9.17) is 11.5 Å². The summed E-state index contributed by atoms with van der Waals surface area (Å²) in [6, 6.07) is -0.0773. The van der Waals surface area contributed by atoms with Crippen molar-refractivity contribution in [1.29, 1.82) is 0 Å². The van der Waals surface area contributed by atoms with E-state index in [0.717, 1.165) is 6.42 Å². The molecule has 0 fully saturated rings. The molecule has 0 radical (unpaired) electrons. The fourth-order valence-electron chi connectivity index (χ4n) is 0.743. The van der Waals surface area contributed by atoms with E-state index >= 15 is 0 Å². The molecule has 0 aliphatic carbocycles. The Morgan fingerprint density at radius 3 is 2.25 bits per heavy atom. The zero-order valence-corrected chi connectivity index (χ0v) is 7.84. The smallest absolute Gasteiger partial charge is 0.223 e. The quantitative estimate of drug-likeness (QED) is 0.521. The maximum atomic E-state index is 11.3. The van der Waals surface area contributed by atoms with Crippen molar-refractivity contribution < 1.29 is 4.79 Å². The third kappa shape index (κ3) is 3.69. The van der Waals surface area contributed by atoms with Gasteiger partial charge in [-0.1, -0.05) is 13.8 Å². The minimum Gasteiger partial charge on any atom is -0.351 e. The van der Waals surface area contributed by atoms with Crippen molar-refractivity contribution in [2.75, 3.05) is 13.1 Å². The van der Waals surface area contributed by atoms with Gasteiger partial charge in [0.25, 0.3) is 0 Å². The maximum Gasteiger partial charge on any atom is 0.223 e. The number of carbonyl (C=O) groups is 1. The molecule has 0 aromatic carbocycles. The molecule has 0 aliphatic rings. The Morgan fingerprint density at radius 2 is 1.92 bits per heavy atom. The van der Waals surface area contributed by atoms with Crippen molar-refractivity contribution in [2.24, 2.45) is 17.4 Å². The first-order valence-electron chi connectivity index (χ1n) is 4.36.